The number of nitriles is 1. The van der Waals surface area contributed by atoms with E-state index in [1.165, 1.54) is 11.3 Å². The van der Waals surface area contributed by atoms with Gasteiger partial charge in [0.05, 0.1) is 36.3 Å². The van der Waals surface area contributed by atoms with Gasteiger partial charge >= 0.3 is 0 Å². The molecule has 0 radical (unpaired) electrons. The zero-order valence-corrected chi connectivity index (χ0v) is 20.9. The maximum absolute atomic E-state index is 13.8. The normalized spacial score (nSPS) is 11.0. The van der Waals surface area contributed by atoms with E-state index in [-0.39, 0.29) is 5.78 Å². The van der Waals surface area contributed by atoms with Crippen molar-refractivity contribution in [3.8, 4) is 23.0 Å². The lowest BCUT2D eigenvalue weighted by atomic mass is 9.94. The number of benzene rings is 3. The highest BCUT2D eigenvalue weighted by Gasteiger charge is 2.24. The Morgan fingerprint density at radius 2 is 1.81 bits per heavy atom. The average Bonchev–Trinajstić information content (AvgIpc) is 3.69. The fourth-order valence-corrected chi connectivity index (χ4v) is 5.49. The number of imidazole rings is 1. The number of rotatable bonds is 6. The van der Waals surface area contributed by atoms with Crippen LogP contribution in [0.25, 0.3) is 27.7 Å². The molecule has 6 aromatic rings. The predicted molar refractivity (Wildman–Crippen MR) is 147 cm³/mol. The van der Waals surface area contributed by atoms with E-state index in [9.17, 15) is 4.79 Å². The highest BCUT2D eigenvalue weighted by Crippen LogP contribution is 2.36. The molecule has 178 valence electrons. The molecule has 0 aliphatic rings. The molecule has 3 heterocycles. The maximum Gasteiger partial charge on any atom is 0.196 e. The van der Waals surface area contributed by atoms with E-state index in [4.69, 9.17) is 5.26 Å². The highest BCUT2D eigenvalue weighted by atomic mass is 32.1. The van der Waals surface area contributed by atoms with Crippen LogP contribution in [0.3, 0.4) is 0 Å². The molecule has 0 bridgehead atoms. The molecule has 0 amide bonds. The van der Waals surface area contributed by atoms with E-state index in [0.29, 0.717) is 23.2 Å². The van der Waals surface area contributed by atoms with Crippen molar-refractivity contribution in [3.05, 3.63) is 130 Å². The summed E-state index contributed by atoms with van der Waals surface area (Å²) in [5.41, 5.74) is 5.87. The van der Waals surface area contributed by atoms with Gasteiger partial charge < -0.3 is 9.13 Å². The highest BCUT2D eigenvalue weighted by molar-refractivity contribution is 7.08. The van der Waals surface area contributed by atoms with Crippen molar-refractivity contribution >= 4 is 27.9 Å². The predicted octanol–water partition coefficient (Wildman–Crippen LogP) is 7.01. The van der Waals surface area contributed by atoms with Crippen molar-refractivity contribution in [3.63, 3.8) is 0 Å². The summed E-state index contributed by atoms with van der Waals surface area (Å²) < 4.78 is 4.12. The van der Waals surface area contributed by atoms with Gasteiger partial charge in [-0.2, -0.15) is 16.6 Å². The monoisotopic (exact) mass is 498 g/mol. The number of hydrogen-bond donors (Lipinski definition) is 0. The molecule has 0 aliphatic heterocycles. The molecule has 3 aromatic heterocycles. The van der Waals surface area contributed by atoms with Crippen LogP contribution < -0.4 is 0 Å². The standard InChI is InChI=1S/C31H22N4OS/c1-21-30(31(36)25-13-14-37-19-25)28(27-8-4-6-24-5-2-3-7-26(24)27)18-35(21)29-16-33-20-34(29)17-23-11-9-22(15-32)10-12-23/h2-14,16,18-20H,17H2,1H3. The minimum atomic E-state index is 0.0126. The topological polar surface area (TPSA) is 63.6 Å². The molecule has 6 heteroatoms. The third-order valence-corrected chi connectivity index (χ3v) is 7.40. The van der Waals surface area contributed by atoms with Crippen LogP contribution in [0.1, 0.15) is 32.7 Å². The number of carbonyl (C=O) groups is 1. The summed E-state index contributed by atoms with van der Waals surface area (Å²) in [6, 6.07) is 26.1. The lowest BCUT2D eigenvalue weighted by Crippen LogP contribution is -2.08. The number of aromatic nitrogens is 3. The van der Waals surface area contributed by atoms with Crippen LogP contribution >= 0.6 is 11.3 Å². The van der Waals surface area contributed by atoms with Crippen molar-refractivity contribution in [2.24, 2.45) is 0 Å². The fourth-order valence-electron chi connectivity index (χ4n) is 4.85. The summed E-state index contributed by atoms with van der Waals surface area (Å²) >= 11 is 1.52. The summed E-state index contributed by atoms with van der Waals surface area (Å²) in [6.07, 6.45) is 5.68. The molecule has 3 aromatic carbocycles. The first-order chi connectivity index (χ1) is 18.1. The molecule has 0 saturated heterocycles. The van der Waals surface area contributed by atoms with Crippen LogP contribution in [0.15, 0.2) is 102 Å². The second-order valence-corrected chi connectivity index (χ2v) is 9.71. The zero-order valence-electron chi connectivity index (χ0n) is 20.1. The summed E-state index contributed by atoms with van der Waals surface area (Å²) in [5, 5.41) is 15.2. The maximum atomic E-state index is 13.8. The van der Waals surface area contributed by atoms with Gasteiger partial charge in [-0.15, -0.1) is 0 Å². The second-order valence-electron chi connectivity index (χ2n) is 8.93. The van der Waals surface area contributed by atoms with Gasteiger partial charge in [0, 0.05) is 28.4 Å². The van der Waals surface area contributed by atoms with Gasteiger partial charge in [-0.05, 0) is 52.4 Å². The number of fused-ring (bicyclic) bond motifs is 1. The summed E-state index contributed by atoms with van der Waals surface area (Å²) in [7, 11) is 0. The second kappa shape index (κ2) is 9.38. The van der Waals surface area contributed by atoms with Gasteiger partial charge in [0.25, 0.3) is 0 Å². The van der Waals surface area contributed by atoms with Gasteiger partial charge in [0.1, 0.15) is 5.82 Å². The summed E-state index contributed by atoms with van der Waals surface area (Å²) in [6.45, 7) is 2.59. The molecule has 0 spiro atoms. The molecule has 5 nitrogen and oxygen atoms in total. The molecule has 0 saturated carbocycles. The summed E-state index contributed by atoms with van der Waals surface area (Å²) in [5.74, 6) is 0.881. The van der Waals surface area contributed by atoms with Gasteiger partial charge in [-0.3, -0.25) is 4.79 Å². The van der Waals surface area contributed by atoms with Gasteiger partial charge in [0.15, 0.2) is 5.78 Å². The fraction of sp³-hybridized carbons (Fsp3) is 0.0645. The number of carbonyl (C=O) groups excluding carboxylic acids is 1. The average molecular weight is 499 g/mol. The van der Waals surface area contributed by atoms with Crippen molar-refractivity contribution in [1.82, 2.24) is 14.1 Å². The first kappa shape index (κ1) is 22.7. The molecule has 37 heavy (non-hydrogen) atoms. The number of nitrogens with zero attached hydrogens (tertiary/aromatic N) is 4. The van der Waals surface area contributed by atoms with Crippen LogP contribution in [0, 0.1) is 18.3 Å². The number of hydrogen-bond acceptors (Lipinski definition) is 4. The molecule has 0 fully saturated rings. The molecule has 6 rings (SSSR count). The first-order valence-electron chi connectivity index (χ1n) is 11.9. The minimum absolute atomic E-state index is 0.0126. The Bertz CT molecular complexity index is 1780. The Labute approximate surface area is 218 Å². The van der Waals surface area contributed by atoms with Crippen molar-refractivity contribution in [2.45, 2.75) is 13.5 Å². The first-order valence-corrected chi connectivity index (χ1v) is 12.8. The number of ketones is 1. The van der Waals surface area contributed by atoms with E-state index in [2.05, 4.69) is 50.6 Å². The van der Waals surface area contributed by atoms with Crippen LogP contribution in [-0.2, 0) is 6.54 Å². The summed E-state index contributed by atoms with van der Waals surface area (Å²) in [4.78, 5) is 18.3. The zero-order chi connectivity index (χ0) is 25.4. The smallest absolute Gasteiger partial charge is 0.196 e. The van der Waals surface area contributed by atoms with E-state index < -0.39 is 0 Å². The number of thiophene rings is 1. The largest absolute Gasteiger partial charge is 0.312 e. The Kier molecular flexibility index (Phi) is 5.76. The Morgan fingerprint density at radius 1 is 1.00 bits per heavy atom. The molecule has 0 N–H and O–H groups in total. The van der Waals surface area contributed by atoms with E-state index in [1.54, 1.807) is 6.33 Å². The molecule has 0 atom stereocenters. The van der Waals surface area contributed by atoms with Crippen LogP contribution in [0.5, 0.6) is 0 Å². The van der Waals surface area contributed by atoms with E-state index in [0.717, 1.165) is 39.0 Å². The van der Waals surface area contributed by atoms with E-state index in [1.807, 2.05) is 72.4 Å². The Hall–Kier alpha value is -4.73. The molecule has 0 aliphatic carbocycles. The lowest BCUT2D eigenvalue weighted by Gasteiger charge is -2.11. The molecular formula is C31H22N4OS. The lowest BCUT2D eigenvalue weighted by molar-refractivity contribution is 0.103. The molecular weight excluding hydrogens is 476 g/mol. The van der Waals surface area contributed by atoms with Crippen LogP contribution in [-0.4, -0.2) is 19.9 Å². The SMILES string of the molecule is Cc1c(C(=O)c2ccsc2)c(-c2cccc3ccccc23)cn1-c1cncn1Cc1ccc(C#N)cc1. The van der Waals surface area contributed by atoms with Crippen LogP contribution in [0.4, 0.5) is 0 Å². The van der Waals surface area contributed by atoms with Gasteiger partial charge in [-0.1, -0.05) is 54.6 Å². The molecule has 0 unspecified atom stereocenters. The van der Waals surface area contributed by atoms with Gasteiger partial charge in [-0.25, -0.2) is 4.98 Å². The van der Waals surface area contributed by atoms with Crippen molar-refractivity contribution < 1.29 is 4.79 Å². The van der Waals surface area contributed by atoms with Gasteiger partial charge in [0.2, 0.25) is 0 Å². The quantitative estimate of drug-likeness (QED) is 0.232. The third-order valence-electron chi connectivity index (χ3n) is 6.71. The minimum Gasteiger partial charge on any atom is -0.312 e. The van der Waals surface area contributed by atoms with Crippen molar-refractivity contribution in [2.75, 3.05) is 0 Å². The van der Waals surface area contributed by atoms with Crippen molar-refractivity contribution in [1.29, 1.82) is 5.26 Å². The third kappa shape index (κ3) is 4.06. The van der Waals surface area contributed by atoms with E-state index >= 15 is 0 Å². The van der Waals surface area contributed by atoms with Crippen LogP contribution in [0.2, 0.25) is 0 Å². The Balaban J connectivity index is 1.52. The Morgan fingerprint density at radius 3 is 2.59 bits per heavy atom.